The maximum atomic E-state index is 10.4. The highest BCUT2D eigenvalue weighted by atomic mass is 16.5. The van der Waals surface area contributed by atoms with Crippen LogP contribution in [0.25, 0.3) is 0 Å². The van der Waals surface area contributed by atoms with Crippen molar-refractivity contribution in [2.75, 3.05) is 7.11 Å². The first-order chi connectivity index (χ1) is 9.24. The fourth-order valence-corrected chi connectivity index (χ4v) is 1.89. The molecule has 1 aromatic rings. The van der Waals surface area contributed by atoms with E-state index in [0.29, 0.717) is 30.7 Å². The summed E-state index contributed by atoms with van der Waals surface area (Å²) in [6.45, 7) is 5.21. The lowest BCUT2D eigenvalue weighted by molar-refractivity contribution is -0.120. The van der Waals surface area contributed by atoms with Gasteiger partial charge in [0.25, 0.3) is 6.47 Å². The number of ether oxygens (including phenoxy) is 3. The van der Waals surface area contributed by atoms with Crippen LogP contribution in [0, 0.1) is 0 Å². The van der Waals surface area contributed by atoms with Crippen LogP contribution in [-0.2, 0) is 16.1 Å². The Morgan fingerprint density at radius 3 is 2.63 bits per heavy atom. The number of methoxy groups -OCH3 is 1. The van der Waals surface area contributed by atoms with Gasteiger partial charge in [-0.3, -0.25) is 4.79 Å². The molecule has 0 radical (unpaired) electrons. The zero-order valence-electron chi connectivity index (χ0n) is 11.8. The highest BCUT2D eigenvalue weighted by Gasteiger charge is 2.08. The Morgan fingerprint density at radius 2 is 2.05 bits per heavy atom. The lowest BCUT2D eigenvalue weighted by Crippen LogP contribution is -2.11. The third-order valence-electron chi connectivity index (χ3n) is 2.95. The van der Waals surface area contributed by atoms with Gasteiger partial charge in [-0.1, -0.05) is 26.3 Å². The van der Waals surface area contributed by atoms with Crippen molar-refractivity contribution in [1.82, 2.24) is 0 Å². The summed E-state index contributed by atoms with van der Waals surface area (Å²) in [6.07, 6.45) is 3.49. The molecule has 1 unspecified atom stereocenters. The lowest BCUT2D eigenvalue weighted by atomic mass is 10.1. The molecular formula is C15H22O4. The SMILES string of the molecule is CCCC(CC)OCc1ccc(OC=O)c(OC)c1. The summed E-state index contributed by atoms with van der Waals surface area (Å²) in [7, 11) is 1.55. The van der Waals surface area contributed by atoms with Crippen LogP contribution < -0.4 is 9.47 Å². The van der Waals surface area contributed by atoms with E-state index in [2.05, 4.69) is 13.8 Å². The predicted molar refractivity (Wildman–Crippen MR) is 73.5 cm³/mol. The van der Waals surface area contributed by atoms with Crippen LogP contribution in [0.15, 0.2) is 18.2 Å². The summed E-state index contributed by atoms with van der Waals surface area (Å²) in [5, 5.41) is 0. The average molecular weight is 266 g/mol. The highest BCUT2D eigenvalue weighted by molar-refractivity contribution is 5.51. The number of hydrogen-bond acceptors (Lipinski definition) is 4. The van der Waals surface area contributed by atoms with Crippen LogP contribution in [0.4, 0.5) is 0 Å². The number of carbonyl (C=O) groups is 1. The van der Waals surface area contributed by atoms with Crippen LogP contribution in [0.3, 0.4) is 0 Å². The van der Waals surface area contributed by atoms with Gasteiger partial charge < -0.3 is 14.2 Å². The third-order valence-corrected chi connectivity index (χ3v) is 2.95. The second-order valence-electron chi connectivity index (χ2n) is 4.33. The number of hydrogen-bond donors (Lipinski definition) is 0. The van der Waals surface area contributed by atoms with E-state index in [1.807, 2.05) is 12.1 Å². The van der Waals surface area contributed by atoms with Gasteiger partial charge in [-0.25, -0.2) is 0 Å². The van der Waals surface area contributed by atoms with Crippen molar-refractivity contribution < 1.29 is 19.0 Å². The molecule has 106 valence electrons. The van der Waals surface area contributed by atoms with Crippen molar-refractivity contribution in [3.05, 3.63) is 23.8 Å². The van der Waals surface area contributed by atoms with Gasteiger partial charge in [0, 0.05) is 0 Å². The largest absolute Gasteiger partial charge is 0.493 e. The Hall–Kier alpha value is -1.55. The summed E-state index contributed by atoms with van der Waals surface area (Å²) in [5.41, 5.74) is 1.00. The lowest BCUT2D eigenvalue weighted by Gasteiger charge is -2.16. The average Bonchev–Trinajstić information content (AvgIpc) is 2.44. The zero-order valence-corrected chi connectivity index (χ0v) is 11.8. The molecule has 0 spiro atoms. The summed E-state index contributed by atoms with van der Waals surface area (Å²) in [4.78, 5) is 10.4. The first kappa shape index (κ1) is 15.5. The molecule has 1 aromatic carbocycles. The molecule has 0 amide bonds. The molecule has 0 aliphatic rings. The molecule has 0 aliphatic heterocycles. The molecule has 0 heterocycles. The van der Waals surface area contributed by atoms with Gasteiger partial charge in [0.1, 0.15) is 0 Å². The van der Waals surface area contributed by atoms with Crippen molar-refractivity contribution in [3.63, 3.8) is 0 Å². The van der Waals surface area contributed by atoms with E-state index in [1.54, 1.807) is 13.2 Å². The Kier molecular flexibility index (Phi) is 6.97. The Bertz CT molecular complexity index is 390. The summed E-state index contributed by atoms with van der Waals surface area (Å²) >= 11 is 0. The van der Waals surface area contributed by atoms with E-state index in [-0.39, 0.29) is 0 Å². The van der Waals surface area contributed by atoms with Crippen LogP contribution in [-0.4, -0.2) is 19.7 Å². The number of benzene rings is 1. The molecule has 0 aliphatic carbocycles. The Labute approximate surface area is 114 Å². The molecule has 19 heavy (non-hydrogen) atoms. The van der Waals surface area contributed by atoms with Crippen LogP contribution in [0.5, 0.6) is 11.5 Å². The van der Waals surface area contributed by atoms with Gasteiger partial charge in [-0.05, 0) is 30.5 Å². The third kappa shape index (κ3) is 4.91. The quantitative estimate of drug-likeness (QED) is 0.643. The summed E-state index contributed by atoms with van der Waals surface area (Å²) in [5.74, 6) is 0.957. The van der Waals surface area contributed by atoms with Crippen LogP contribution in [0.1, 0.15) is 38.7 Å². The topological polar surface area (TPSA) is 44.8 Å². The molecule has 0 saturated carbocycles. The fraction of sp³-hybridized carbons (Fsp3) is 0.533. The van der Waals surface area contributed by atoms with Crippen molar-refractivity contribution in [2.24, 2.45) is 0 Å². The number of carbonyl (C=O) groups excluding carboxylic acids is 1. The maximum Gasteiger partial charge on any atom is 0.298 e. The fourth-order valence-electron chi connectivity index (χ4n) is 1.89. The van der Waals surface area contributed by atoms with Gasteiger partial charge in [0.2, 0.25) is 0 Å². The molecule has 1 atom stereocenters. The van der Waals surface area contributed by atoms with Crippen LogP contribution >= 0.6 is 0 Å². The Balaban J connectivity index is 2.66. The molecule has 0 bridgehead atoms. The molecule has 0 N–H and O–H groups in total. The minimum Gasteiger partial charge on any atom is -0.493 e. The van der Waals surface area contributed by atoms with Crippen molar-refractivity contribution in [3.8, 4) is 11.5 Å². The highest BCUT2D eigenvalue weighted by Crippen LogP contribution is 2.28. The smallest absolute Gasteiger partial charge is 0.298 e. The van der Waals surface area contributed by atoms with Crippen molar-refractivity contribution in [1.29, 1.82) is 0 Å². The molecule has 0 saturated heterocycles. The van der Waals surface area contributed by atoms with E-state index in [9.17, 15) is 4.79 Å². The molecule has 0 aromatic heterocycles. The molecule has 1 rings (SSSR count). The standard InChI is InChI=1S/C15H22O4/c1-4-6-13(5-2)18-10-12-7-8-14(19-11-16)15(9-12)17-3/h7-9,11,13H,4-6,10H2,1-3H3. The first-order valence-electron chi connectivity index (χ1n) is 6.63. The predicted octanol–water partition coefficient (Wildman–Crippen LogP) is 3.33. The minimum atomic E-state index is 0.293. The maximum absolute atomic E-state index is 10.4. The molecular weight excluding hydrogens is 244 g/mol. The van der Waals surface area contributed by atoms with Gasteiger partial charge in [0.15, 0.2) is 11.5 Å². The summed E-state index contributed by atoms with van der Waals surface area (Å²) < 4.78 is 15.9. The Morgan fingerprint density at radius 1 is 1.26 bits per heavy atom. The van der Waals surface area contributed by atoms with Gasteiger partial charge in [-0.15, -0.1) is 0 Å². The van der Waals surface area contributed by atoms with Crippen molar-refractivity contribution >= 4 is 6.47 Å². The van der Waals surface area contributed by atoms with E-state index in [1.165, 1.54) is 0 Å². The van der Waals surface area contributed by atoms with E-state index >= 15 is 0 Å². The zero-order chi connectivity index (χ0) is 14.1. The first-order valence-corrected chi connectivity index (χ1v) is 6.63. The van der Waals surface area contributed by atoms with E-state index in [0.717, 1.165) is 24.8 Å². The van der Waals surface area contributed by atoms with Gasteiger partial charge in [-0.2, -0.15) is 0 Å². The minimum absolute atomic E-state index is 0.293. The normalized spacial score (nSPS) is 11.9. The second-order valence-corrected chi connectivity index (χ2v) is 4.33. The molecule has 4 heteroatoms. The second kappa shape index (κ2) is 8.53. The van der Waals surface area contributed by atoms with Crippen molar-refractivity contribution in [2.45, 2.75) is 45.8 Å². The number of rotatable bonds is 9. The molecule has 4 nitrogen and oxygen atoms in total. The van der Waals surface area contributed by atoms with Gasteiger partial charge >= 0.3 is 0 Å². The van der Waals surface area contributed by atoms with E-state index < -0.39 is 0 Å². The van der Waals surface area contributed by atoms with Gasteiger partial charge in [0.05, 0.1) is 19.8 Å². The molecule has 0 fully saturated rings. The monoisotopic (exact) mass is 266 g/mol. The van der Waals surface area contributed by atoms with E-state index in [4.69, 9.17) is 14.2 Å². The van der Waals surface area contributed by atoms with Crippen LogP contribution in [0.2, 0.25) is 0 Å². The summed E-state index contributed by atoms with van der Waals surface area (Å²) in [6, 6.07) is 5.42.